The summed E-state index contributed by atoms with van der Waals surface area (Å²) in [6, 6.07) is 4.54. The Morgan fingerprint density at radius 2 is 2.33 bits per heavy atom. The maximum Gasteiger partial charge on any atom is 0.315 e. The number of phenolic OH excluding ortho intramolecular Hbond substituents is 1. The zero-order chi connectivity index (χ0) is 10.8. The highest BCUT2D eigenvalue weighted by Gasteiger charge is 2.26. The molecular formula is C10H12N2O3. The van der Waals surface area contributed by atoms with Gasteiger partial charge in [-0.15, -0.1) is 0 Å². The van der Waals surface area contributed by atoms with E-state index in [0.29, 0.717) is 17.9 Å². The molecule has 1 fully saturated rings. The molecule has 5 nitrogen and oxygen atoms in total. The third kappa shape index (κ3) is 1.68. The zero-order valence-electron chi connectivity index (χ0n) is 8.28. The van der Waals surface area contributed by atoms with Gasteiger partial charge in [0, 0.05) is 6.54 Å². The van der Waals surface area contributed by atoms with E-state index >= 15 is 0 Å². The minimum absolute atomic E-state index is 0.128. The lowest BCUT2D eigenvalue weighted by Crippen LogP contribution is -2.22. The Morgan fingerprint density at radius 3 is 2.93 bits per heavy atom. The van der Waals surface area contributed by atoms with Crippen LogP contribution in [-0.2, 0) is 0 Å². The summed E-state index contributed by atoms with van der Waals surface area (Å²) < 4.78 is 5.13. The predicted molar refractivity (Wildman–Crippen MR) is 53.9 cm³/mol. The summed E-state index contributed by atoms with van der Waals surface area (Å²) in [5.74, 6) is 0.701. The van der Waals surface area contributed by atoms with Crippen molar-refractivity contribution in [1.29, 1.82) is 0 Å². The van der Waals surface area contributed by atoms with E-state index < -0.39 is 0 Å². The van der Waals surface area contributed by atoms with Gasteiger partial charge in [-0.25, -0.2) is 4.79 Å². The molecule has 0 unspecified atom stereocenters. The highest BCUT2D eigenvalue weighted by atomic mass is 16.5. The molecule has 0 saturated carbocycles. The summed E-state index contributed by atoms with van der Waals surface area (Å²) in [6.45, 7) is 0.451. The fourth-order valence-corrected chi connectivity index (χ4v) is 1.69. The lowest BCUT2D eigenvalue weighted by molar-refractivity contribution is 0.247. The van der Waals surface area contributed by atoms with Crippen LogP contribution in [-0.4, -0.2) is 24.8 Å². The predicted octanol–water partition coefficient (Wildman–Crippen LogP) is 0.755. The summed E-state index contributed by atoms with van der Waals surface area (Å²) in [7, 11) is 1.53. The van der Waals surface area contributed by atoms with Crippen molar-refractivity contribution in [2.45, 2.75) is 6.04 Å². The van der Waals surface area contributed by atoms with E-state index in [2.05, 4.69) is 10.6 Å². The van der Waals surface area contributed by atoms with E-state index in [4.69, 9.17) is 4.74 Å². The molecule has 80 valence electrons. The van der Waals surface area contributed by atoms with Crippen LogP contribution < -0.4 is 15.4 Å². The Bertz CT molecular complexity index is 392. The van der Waals surface area contributed by atoms with Gasteiger partial charge in [-0.1, -0.05) is 6.07 Å². The molecule has 1 heterocycles. The largest absolute Gasteiger partial charge is 0.507 e. The summed E-state index contributed by atoms with van der Waals surface area (Å²) in [4.78, 5) is 11.0. The van der Waals surface area contributed by atoms with Gasteiger partial charge in [-0.2, -0.15) is 0 Å². The molecule has 1 aromatic carbocycles. The van der Waals surface area contributed by atoms with Gasteiger partial charge in [0.15, 0.2) is 0 Å². The van der Waals surface area contributed by atoms with Gasteiger partial charge in [0.1, 0.15) is 11.5 Å². The minimum atomic E-state index is -0.242. The monoisotopic (exact) mass is 208 g/mol. The first-order valence-corrected chi connectivity index (χ1v) is 4.62. The van der Waals surface area contributed by atoms with Crippen LogP contribution in [0.25, 0.3) is 0 Å². The lowest BCUT2D eigenvalue weighted by atomic mass is 10.1. The molecular weight excluding hydrogens is 196 g/mol. The average molecular weight is 208 g/mol. The number of urea groups is 1. The molecule has 1 atom stereocenters. The highest BCUT2D eigenvalue weighted by molar-refractivity contribution is 5.77. The average Bonchev–Trinajstić information content (AvgIpc) is 2.64. The second kappa shape index (κ2) is 3.68. The number of hydrogen-bond acceptors (Lipinski definition) is 3. The van der Waals surface area contributed by atoms with Gasteiger partial charge in [0.2, 0.25) is 0 Å². The van der Waals surface area contributed by atoms with Gasteiger partial charge >= 0.3 is 6.03 Å². The maximum absolute atomic E-state index is 11.0. The van der Waals surface area contributed by atoms with E-state index in [1.165, 1.54) is 7.11 Å². The normalized spacial score (nSPS) is 19.5. The number of carbonyl (C=O) groups excluding carboxylic acids is 1. The SMILES string of the molecule is COc1cccc(O)c1[C@@H]1CNC(=O)N1. The molecule has 2 rings (SSSR count). The number of nitrogens with one attached hydrogen (secondary N) is 2. The number of ether oxygens (including phenoxy) is 1. The first kappa shape index (κ1) is 9.64. The van der Waals surface area contributed by atoms with Crippen LogP contribution in [0.5, 0.6) is 11.5 Å². The molecule has 1 aliphatic rings. The Labute approximate surface area is 87.1 Å². The molecule has 1 saturated heterocycles. The molecule has 3 N–H and O–H groups in total. The summed E-state index contributed by atoms with van der Waals surface area (Å²) in [5.41, 5.74) is 0.610. The Kier molecular flexibility index (Phi) is 2.37. The number of aromatic hydroxyl groups is 1. The van der Waals surface area contributed by atoms with Crippen molar-refractivity contribution >= 4 is 6.03 Å². The van der Waals surface area contributed by atoms with Crippen LogP contribution >= 0.6 is 0 Å². The number of benzene rings is 1. The van der Waals surface area contributed by atoms with Crippen molar-refractivity contribution in [1.82, 2.24) is 10.6 Å². The number of phenols is 1. The van der Waals surface area contributed by atoms with Gasteiger partial charge in [-0.05, 0) is 12.1 Å². The third-order valence-corrected chi connectivity index (χ3v) is 2.38. The second-order valence-corrected chi connectivity index (χ2v) is 3.30. The fourth-order valence-electron chi connectivity index (χ4n) is 1.69. The third-order valence-electron chi connectivity index (χ3n) is 2.38. The molecule has 1 aliphatic heterocycles. The van der Waals surface area contributed by atoms with E-state index in [-0.39, 0.29) is 17.8 Å². The molecule has 1 aromatic rings. The van der Waals surface area contributed by atoms with Crippen LogP contribution in [0.15, 0.2) is 18.2 Å². The molecule has 2 amide bonds. The number of carbonyl (C=O) groups is 1. The van der Waals surface area contributed by atoms with Crippen molar-refractivity contribution in [3.8, 4) is 11.5 Å². The first-order valence-electron chi connectivity index (χ1n) is 4.62. The zero-order valence-corrected chi connectivity index (χ0v) is 8.28. The number of hydrogen-bond donors (Lipinski definition) is 3. The second-order valence-electron chi connectivity index (χ2n) is 3.30. The molecule has 0 aromatic heterocycles. The summed E-state index contributed by atoms with van der Waals surface area (Å²) >= 11 is 0. The van der Waals surface area contributed by atoms with Crippen LogP contribution in [0.1, 0.15) is 11.6 Å². The van der Waals surface area contributed by atoms with Crippen LogP contribution in [0.3, 0.4) is 0 Å². The molecule has 0 aliphatic carbocycles. The van der Waals surface area contributed by atoms with E-state index in [1.54, 1.807) is 18.2 Å². The lowest BCUT2D eigenvalue weighted by Gasteiger charge is -2.14. The van der Waals surface area contributed by atoms with Crippen molar-refractivity contribution in [3.05, 3.63) is 23.8 Å². The van der Waals surface area contributed by atoms with Gasteiger partial charge in [-0.3, -0.25) is 0 Å². The van der Waals surface area contributed by atoms with Crippen LogP contribution in [0.4, 0.5) is 4.79 Å². The minimum Gasteiger partial charge on any atom is -0.507 e. The summed E-state index contributed by atoms with van der Waals surface area (Å²) in [6.07, 6.45) is 0. The molecule has 0 spiro atoms. The van der Waals surface area contributed by atoms with Crippen molar-refractivity contribution in [3.63, 3.8) is 0 Å². The number of methoxy groups -OCH3 is 1. The van der Waals surface area contributed by atoms with Gasteiger partial charge in [0.25, 0.3) is 0 Å². The van der Waals surface area contributed by atoms with Gasteiger partial charge in [0.05, 0.1) is 18.7 Å². The number of amides is 2. The van der Waals surface area contributed by atoms with Crippen LogP contribution in [0, 0.1) is 0 Å². The van der Waals surface area contributed by atoms with E-state index in [0.717, 1.165) is 0 Å². The molecule has 0 radical (unpaired) electrons. The Balaban J connectivity index is 2.37. The Hall–Kier alpha value is -1.91. The first-order chi connectivity index (χ1) is 7.22. The smallest absolute Gasteiger partial charge is 0.315 e. The fraction of sp³-hybridized carbons (Fsp3) is 0.300. The topological polar surface area (TPSA) is 70.6 Å². The number of rotatable bonds is 2. The highest BCUT2D eigenvalue weighted by Crippen LogP contribution is 2.33. The molecule has 0 bridgehead atoms. The van der Waals surface area contributed by atoms with Crippen molar-refractivity contribution < 1.29 is 14.6 Å². The van der Waals surface area contributed by atoms with Crippen molar-refractivity contribution in [2.24, 2.45) is 0 Å². The quantitative estimate of drug-likeness (QED) is 0.671. The molecule has 5 heteroatoms. The van der Waals surface area contributed by atoms with Crippen LogP contribution in [0.2, 0.25) is 0 Å². The summed E-state index contributed by atoms with van der Waals surface area (Å²) in [5, 5.41) is 15.0. The Morgan fingerprint density at radius 1 is 1.53 bits per heavy atom. The molecule has 15 heavy (non-hydrogen) atoms. The standard InChI is InChI=1S/C10H12N2O3/c1-15-8-4-2-3-7(13)9(8)6-5-11-10(14)12-6/h2-4,6,13H,5H2,1H3,(H2,11,12,14)/t6-/m0/s1. The van der Waals surface area contributed by atoms with Crippen molar-refractivity contribution in [2.75, 3.05) is 13.7 Å². The van der Waals surface area contributed by atoms with Gasteiger partial charge < -0.3 is 20.5 Å². The van der Waals surface area contributed by atoms with E-state index in [9.17, 15) is 9.90 Å². The van der Waals surface area contributed by atoms with E-state index in [1.807, 2.05) is 0 Å². The maximum atomic E-state index is 11.0.